The van der Waals surface area contributed by atoms with Crippen LogP contribution in [-0.2, 0) is 4.74 Å². The zero-order chi connectivity index (χ0) is 11.2. The molecule has 0 heterocycles. The Hall–Kier alpha value is -0.160. The zero-order valence-corrected chi connectivity index (χ0v) is 9.63. The quantitative estimate of drug-likeness (QED) is 0.517. The fraction of sp³-hybridized carbons (Fsp3) is 1.00. The van der Waals surface area contributed by atoms with Crippen molar-refractivity contribution in [2.75, 3.05) is 26.8 Å². The highest BCUT2D eigenvalue weighted by Gasteiger charge is 2.19. The Morgan fingerprint density at radius 3 is 2.29 bits per heavy atom. The average Bonchev–Trinajstić information content (AvgIpc) is 2.13. The number of ether oxygens (including phenoxy) is 1. The first-order valence-electron chi connectivity index (χ1n) is 4.92. The monoisotopic (exact) mass is 205 g/mol. The van der Waals surface area contributed by atoms with Crippen molar-refractivity contribution >= 4 is 0 Å². The zero-order valence-electron chi connectivity index (χ0n) is 9.63. The Labute approximate surface area is 86.3 Å². The van der Waals surface area contributed by atoms with Gasteiger partial charge in [-0.1, -0.05) is 0 Å². The van der Waals surface area contributed by atoms with E-state index in [-0.39, 0.29) is 12.2 Å². The molecular weight excluding hydrogens is 182 g/mol. The molecule has 0 aliphatic rings. The molecule has 0 fully saturated rings. The van der Waals surface area contributed by atoms with Gasteiger partial charge in [0.25, 0.3) is 0 Å². The second kappa shape index (κ2) is 5.66. The van der Waals surface area contributed by atoms with Gasteiger partial charge in [-0.15, -0.1) is 0 Å². The molecule has 0 rings (SSSR count). The molecule has 0 aliphatic carbocycles. The van der Waals surface area contributed by atoms with Gasteiger partial charge in [-0.05, 0) is 33.7 Å². The molecule has 86 valence electrons. The lowest BCUT2D eigenvalue weighted by Gasteiger charge is -2.25. The normalized spacial score (nSPS) is 16.7. The summed E-state index contributed by atoms with van der Waals surface area (Å²) >= 11 is 0. The number of aliphatic hydroxyl groups is 2. The molecule has 1 atom stereocenters. The molecule has 0 radical (unpaired) electrons. The van der Waals surface area contributed by atoms with Gasteiger partial charge in [-0.25, -0.2) is 0 Å². The van der Waals surface area contributed by atoms with Crippen LogP contribution in [0.25, 0.3) is 0 Å². The second-order valence-electron chi connectivity index (χ2n) is 4.55. The molecule has 0 aromatic carbocycles. The summed E-state index contributed by atoms with van der Waals surface area (Å²) < 4.78 is 5.24. The molecule has 0 spiro atoms. The Bertz CT molecular complexity index is 139. The summed E-state index contributed by atoms with van der Waals surface area (Å²) in [5.74, 6) is 0. The number of hydrogen-bond donors (Lipinski definition) is 3. The second-order valence-corrected chi connectivity index (χ2v) is 4.55. The SMILES string of the molecule is COC(C)(C)CCNCC(C)(O)CO. The van der Waals surface area contributed by atoms with Crippen LogP contribution in [0.4, 0.5) is 0 Å². The van der Waals surface area contributed by atoms with Gasteiger partial charge in [0.05, 0.1) is 17.8 Å². The average molecular weight is 205 g/mol. The van der Waals surface area contributed by atoms with Crippen LogP contribution in [0.15, 0.2) is 0 Å². The summed E-state index contributed by atoms with van der Waals surface area (Å²) in [7, 11) is 1.68. The van der Waals surface area contributed by atoms with Gasteiger partial charge in [0.1, 0.15) is 0 Å². The van der Waals surface area contributed by atoms with Crippen LogP contribution in [0.3, 0.4) is 0 Å². The number of methoxy groups -OCH3 is 1. The van der Waals surface area contributed by atoms with Crippen molar-refractivity contribution in [1.29, 1.82) is 0 Å². The molecular formula is C10H23NO3. The molecule has 0 aromatic heterocycles. The van der Waals surface area contributed by atoms with Crippen molar-refractivity contribution in [2.45, 2.75) is 38.4 Å². The molecule has 0 amide bonds. The van der Waals surface area contributed by atoms with Crippen LogP contribution in [0.5, 0.6) is 0 Å². The van der Waals surface area contributed by atoms with E-state index in [0.717, 1.165) is 13.0 Å². The first-order chi connectivity index (χ1) is 6.33. The van der Waals surface area contributed by atoms with E-state index in [1.807, 2.05) is 13.8 Å². The highest BCUT2D eigenvalue weighted by Crippen LogP contribution is 2.11. The minimum atomic E-state index is -1.03. The van der Waals surface area contributed by atoms with Crippen LogP contribution >= 0.6 is 0 Å². The van der Waals surface area contributed by atoms with Crippen LogP contribution in [0.2, 0.25) is 0 Å². The van der Waals surface area contributed by atoms with E-state index in [1.54, 1.807) is 14.0 Å². The van der Waals surface area contributed by atoms with Crippen LogP contribution < -0.4 is 5.32 Å². The summed E-state index contributed by atoms with van der Waals surface area (Å²) in [4.78, 5) is 0. The Morgan fingerprint density at radius 2 is 1.86 bits per heavy atom. The highest BCUT2D eigenvalue weighted by molar-refractivity contribution is 4.75. The summed E-state index contributed by atoms with van der Waals surface area (Å²) in [6.07, 6.45) is 0.866. The van der Waals surface area contributed by atoms with E-state index in [1.165, 1.54) is 0 Å². The predicted octanol–water partition coefficient (Wildman–Crippen LogP) is 0.134. The smallest absolute Gasteiger partial charge is 0.0972 e. The van der Waals surface area contributed by atoms with E-state index in [4.69, 9.17) is 9.84 Å². The van der Waals surface area contributed by atoms with E-state index >= 15 is 0 Å². The van der Waals surface area contributed by atoms with Crippen LogP contribution in [0.1, 0.15) is 27.2 Å². The molecule has 0 saturated carbocycles. The maximum atomic E-state index is 9.47. The lowest BCUT2D eigenvalue weighted by molar-refractivity contribution is -0.00348. The number of hydrogen-bond acceptors (Lipinski definition) is 4. The van der Waals surface area contributed by atoms with Gasteiger partial charge in [0.2, 0.25) is 0 Å². The third kappa shape index (κ3) is 6.32. The number of rotatable bonds is 7. The van der Waals surface area contributed by atoms with Gasteiger partial charge in [0, 0.05) is 13.7 Å². The molecule has 0 aromatic rings. The highest BCUT2D eigenvalue weighted by atomic mass is 16.5. The van der Waals surface area contributed by atoms with Crippen LogP contribution in [-0.4, -0.2) is 48.2 Å². The predicted molar refractivity (Wildman–Crippen MR) is 56.3 cm³/mol. The van der Waals surface area contributed by atoms with Crippen LogP contribution in [0, 0.1) is 0 Å². The summed E-state index contributed by atoms with van der Waals surface area (Å²) in [6.45, 7) is 6.55. The van der Waals surface area contributed by atoms with E-state index in [2.05, 4.69) is 5.32 Å². The van der Waals surface area contributed by atoms with Crippen molar-refractivity contribution in [3.8, 4) is 0 Å². The van der Waals surface area contributed by atoms with Gasteiger partial charge < -0.3 is 20.3 Å². The van der Waals surface area contributed by atoms with Crippen molar-refractivity contribution in [1.82, 2.24) is 5.32 Å². The van der Waals surface area contributed by atoms with Crippen molar-refractivity contribution in [3.05, 3.63) is 0 Å². The molecule has 0 aliphatic heterocycles. The third-order valence-corrected chi connectivity index (χ3v) is 2.30. The Balaban J connectivity index is 3.57. The molecule has 4 nitrogen and oxygen atoms in total. The maximum absolute atomic E-state index is 9.47. The lowest BCUT2D eigenvalue weighted by Crippen LogP contribution is -2.42. The van der Waals surface area contributed by atoms with Crippen molar-refractivity contribution in [2.24, 2.45) is 0 Å². The van der Waals surface area contributed by atoms with Gasteiger partial charge >= 0.3 is 0 Å². The fourth-order valence-corrected chi connectivity index (χ4v) is 0.905. The molecule has 1 unspecified atom stereocenters. The first kappa shape index (κ1) is 13.8. The largest absolute Gasteiger partial charge is 0.393 e. The number of aliphatic hydroxyl groups excluding tert-OH is 1. The summed E-state index contributed by atoms with van der Waals surface area (Å²) in [5.41, 5.74) is -1.17. The standard InChI is InChI=1S/C10H23NO3/c1-9(2,14-4)5-6-11-7-10(3,13)8-12/h11-13H,5-8H2,1-4H3. The Morgan fingerprint density at radius 1 is 1.29 bits per heavy atom. The van der Waals surface area contributed by atoms with Crippen molar-refractivity contribution < 1.29 is 14.9 Å². The van der Waals surface area contributed by atoms with E-state index < -0.39 is 5.60 Å². The summed E-state index contributed by atoms with van der Waals surface area (Å²) in [6, 6.07) is 0. The van der Waals surface area contributed by atoms with E-state index in [0.29, 0.717) is 6.54 Å². The van der Waals surface area contributed by atoms with E-state index in [9.17, 15) is 5.11 Å². The summed E-state index contributed by atoms with van der Waals surface area (Å²) in [5, 5.41) is 21.3. The molecule has 0 saturated heterocycles. The first-order valence-corrected chi connectivity index (χ1v) is 4.92. The minimum absolute atomic E-state index is 0.141. The Kier molecular flexibility index (Phi) is 5.59. The molecule has 3 N–H and O–H groups in total. The minimum Gasteiger partial charge on any atom is -0.393 e. The molecule has 0 bridgehead atoms. The van der Waals surface area contributed by atoms with Gasteiger partial charge in [-0.3, -0.25) is 0 Å². The lowest BCUT2D eigenvalue weighted by atomic mass is 10.0. The fourth-order valence-electron chi connectivity index (χ4n) is 0.905. The number of nitrogens with one attached hydrogen (secondary N) is 1. The molecule has 4 heteroatoms. The third-order valence-electron chi connectivity index (χ3n) is 2.30. The van der Waals surface area contributed by atoms with Gasteiger partial charge in [0.15, 0.2) is 0 Å². The van der Waals surface area contributed by atoms with Crippen molar-refractivity contribution in [3.63, 3.8) is 0 Å². The van der Waals surface area contributed by atoms with Gasteiger partial charge in [-0.2, -0.15) is 0 Å². The molecule has 14 heavy (non-hydrogen) atoms. The topological polar surface area (TPSA) is 61.7 Å². The maximum Gasteiger partial charge on any atom is 0.0972 e.